The fourth-order valence-corrected chi connectivity index (χ4v) is 1.50. The molecule has 92 valence electrons. The lowest BCUT2D eigenvalue weighted by molar-refractivity contribution is 0.275. The molecule has 0 fully saturated rings. The quantitative estimate of drug-likeness (QED) is 0.690. The predicted octanol–water partition coefficient (Wildman–Crippen LogP) is 1.48. The maximum absolute atomic E-state index is 9.46. The molecule has 1 rings (SSSR count). The Morgan fingerprint density at radius 1 is 1.35 bits per heavy atom. The minimum absolute atomic E-state index is 0.0222. The highest BCUT2D eigenvalue weighted by Gasteiger charge is 2.13. The molecule has 0 heterocycles. The Morgan fingerprint density at radius 3 is 2.53 bits per heavy atom. The molecule has 17 heavy (non-hydrogen) atoms. The fraction of sp³-hybridized carbons (Fsp3) is 0.538. The van der Waals surface area contributed by atoms with Gasteiger partial charge in [-0.05, 0) is 39.2 Å². The van der Waals surface area contributed by atoms with Crippen LogP contribution in [0.3, 0.4) is 0 Å². The van der Waals surface area contributed by atoms with Crippen molar-refractivity contribution in [3.05, 3.63) is 29.3 Å². The van der Waals surface area contributed by atoms with Crippen LogP contribution in [-0.4, -0.2) is 30.1 Å². The van der Waals surface area contributed by atoms with Crippen LogP contribution in [0.15, 0.2) is 18.2 Å². The van der Waals surface area contributed by atoms with Gasteiger partial charge in [0.15, 0.2) is 0 Å². The molecule has 0 saturated heterocycles. The first-order valence-corrected chi connectivity index (χ1v) is 5.77. The fourth-order valence-electron chi connectivity index (χ4n) is 1.50. The maximum Gasteiger partial charge on any atom is 0.121 e. The lowest BCUT2D eigenvalue weighted by atomic mass is 9.80. The second-order valence-corrected chi connectivity index (χ2v) is 5.28. The molecule has 0 spiro atoms. The predicted molar refractivity (Wildman–Crippen MR) is 70.3 cm³/mol. The first kappa shape index (κ1) is 14.1. The van der Waals surface area contributed by atoms with Crippen LogP contribution in [0.1, 0.15) is 37.7 Å². The van der Waals surface area contributed by atoms with Crippen LogP contribution >= 0.6 is 0 Å². The summed E-state index contributed by atoms with van der Waals surface area (Å²) in [5, 5.41) is 21.8. The van der Waals surface area contributed by atoms with Crippen LogP contribution in [0.5, 0.6) is 5.75 Å². The monoisotopic (exact) mass is 233 g/mol. The molecular weight excluding hydrogens is 213 g/mol. The van der Waals surface area contributed by atoms with E-state index < -0.39 is 0 Å². The van der Waals surface area contributed by atoms with Gasteiger partial charge in [0.05, 0.1) is 14.5 Å². The maximum atomic E-state index is 9.46. The molecule has 0 amide bonds. The highest BCUT2D eigenvalue weighted by Crippen LogP contribution is 2.22. The van der Waals surface area contributed by atoms with Gasteiger partial charge in [0, 0.05) is 11.1 Å². The SMILES string of the molecule is [B][C@H](CNC(C)(C)C)c1ccc(O)c(CO)c1. The molecule has 1 aromatic rings. The summed E-state index contributed by atoms with van der Waals surface area (Å²) in [6.45, 7) is 6.71. The minimum Gasteiger partial charge on any atom is -0.508 e. The van der Waals surface area contributed by atoms with Crippen molar-refractivity contribution in [2.45, 2.75) is 38.7 Å². The molecule has 0 aliphatic carbocycles. The third-order valence-electron chi connectivity index (χ3n) is 2.55. The molecule has 0 bridgehead atoms. The van der Waals surface area contributed by atoms with Gasteiger partial charge in [0.1, 0.15) is 5.75 Å². The van der Waals surface area contributed by atoms with Crippen LogP contribution < -0.4 is 5.32 Å². The first-order valence-electron chi connectivity index (χ1n) is 5.77. The highest BCUT2D eigenvalue weighted by molar-refractivity contribution is 6.12. The largest absolute Gasteiger partial charge is 0.508 e. The molecule has 1 atom stereocenters. The zero-order valence-electron chi connectivity index (χ0n) is 10.7. The van der Waals surface area contributed by atoms with Crippen molar-refractivity contribution in [2.75, 3.05) is 6.54 Å². The smallest absolute Gasteiger partial charge is 0.121 e. The number of benzene rings is 1. The number of hydrogen-bond donors (Lipinski definition) is 3. The minimum atomic E-state index is -0.181. The van der Waals surface area contributed by atoms with Gasteiger partial charge in [-0.15, -0.1) is 0 Å². The van der Waals surface area contributed by atoms with Crippen LogP contribution in [0.4, 0.5) is 0 Å². The number of aliphatic hydroxyl groups excluding tert-OH is 1. The van der Waals surface area contributed by atoms with Gasteiger partial charge >= 0.3 is 0 Å². The first-order chi connectivity index (χ1) is 7.83. The van der Waals surface area contributed by atoms with E-state index in [1.165, 1.54) is 0 Å². The molecule has 0 aromatic heterocycles. The molecule has 3 N–H and O–H groups in total. The van der Waals surface area contributed by atoms with E-state index in [0.717, 1.165) is 5.56 Å². The summed E-state index contributed by atoms with van der Waals surface area (Å²) in [5.41, 5.74) is 1.44. The van der Waals surface area contributed by atoms with Crippen LogP contribution in [0.2, 0.25) is 0 Å². The van der Waals surface area contributed by atoms with Gasteiger partial charge < -0.3 is 15.5 Å². The third-order valence-corrected chi connectivity index (χ3v) is 2.55. The average molecular weight is 233 g/mol. The molecule has 0 unspecified atom stereocenters. The van der Waals surface area contributed by atoms with E-state index in [4.69, 9.17) is 13.0 Å². The molecular formula is C13H20BNO2. The summed E-state index contributed by atoms with van der Waals surface area (Å²) in [5.74, 6) is -0.0487. The molecule has 3 nitrogen and oxygen atoms in total. The van der Waals surface area contributed by atoms with Crippen LogP contribution in [0.25, 0.3) is 0 Å². The second-order valence-electron chi connectivity index (χ2n) is 5.28. The van der Waals surface area contributed by atoms with Gasteiger partial charge in [-0.3, -0.25) is 0 Å². The summed E-state index contributed by atoms with van der Waals surface area (Å²) in [6.07, 6.45) is 0. The van der Waals surface area contributed by atoms with Gasteiger partial charge in [-0.1, -0.05) is 17.7 Å². The van der Waals surface area contributed by atoms with E-state index in [-0.39, 0.29) is 23.7 Å². The summed E-state index contributed by atoms with van der Waals surface area (Å²) in [6, 6.07) is 5.09. The Labute approximate surface area is 104 Å². The van der Waals surface area contributed by atoms with Crippen molar-refractivity contribution in [3.63, 3.8) is 0 Å². The zero-order valence-corrected chi connectivity index (χ0v) is 10.7. The molecule has 1 aromatic carbocycles. The Balaban J connectivity index is 2.72. The molecule has 2 radical (unpaired) electrons. The number of hydrogen-bond acceptors (Lipinski definition) is 3. The van der Waals surface area contributed by atoms with E-state index in [1.807, 2.05) is 0 Å². The lowest BCUT2D eigenvalue weighted by Crippen LogP contribution is -2.38. The topological polar surface area (TPSA) is 52.5 Å². The Bertz CT molecular complexity index is 374. The number of rotatable bonds is 4. The second kappa shape index (κ2) is 5.56. The number of nitrogens with one attached hydrogen (secondary N) is 1. The Hall–Kier alpha value is -0.995. The molecule has 0 saturated carbocycles. The molecule has 0 aliphatic heterocycles. The van der Waals surface area contributed by atoms with E-state index in [0.29, 0.717) is 12.1 Å². The average Bonchev–Trinajstić information content (AvgIpc) is 2.25. The van der Waals surface area contributed by atoms with Gasteiger partial charge in [-0.25, -0.2) is 0 Å². The summed E-state index contributed by atoms with van der Waals surface area (Å²) >= 11 is 0. The van der Waals surface area contributed by atoms with Crippen molar-refractivity contribution in [3.8, 4) is 5.75 Å². The van der Waals surface area contributed by atoms with E-state index >= 15 is 0 Å². The van der Waals surface area contributed by atoms with Crippen molar-refractivity contribution < 1.29 is 10.2 Å². The van der Waals surface area contributed by atoms with Crippen LogP contribution in [-0.2, 0) is 6.61 Å². The standard InChI is InChI=1S/C13H20BNO2/c1-13(2,3)15-7-11(14)9-4-5-12(17)10(6-9)8-16/h4-6,11,15-17H,7-8H2,1-3H3/t11-/m1/s1. The summed E-state index contributed by atoms with van der Waals surface area (Å²) in [4.78, 5) is 0. The Morgan fingerprint density at radius 2 is 2.00 bits per heavy atom. The van der Waals surface area contributed by atoms with E-state index in [9.17, 15) is 5.11 Å². The Kier molecular flexibility index (Phi) is 4.60. The highest BCUT2D eigenvalue weighted by atomic mass is 16.3. The van der Waals surface area contributed by atoms with Gasteiger partial charge in [0.25, 0.3) is 0 Å². The molecule has 0 aliphatic rings. The summed E-state index contributed by atoms with van der Waals surface area (Å²) < 4.78 is 0. The van der Waals surface area contributed by atoms with Crippen LogP contribution in [0, 0.1) is 0 Å². The van der Waals surface area contributed by atoms with E-state index in [2.05, 4.69) is 26.1 Å². The van der Waals surface area contributed by atoms with Crippen molar-refractivity contribution in [2.24, 2.45) is 0 Å². The van der Waals surface area contributed by atoms with E-state index in [1.54, 1.807) is 18.2 Å². The number of aliphatic hydroxyl groups is 1. The van der Waals surface area contributed by atoms with Crippen molar-refractivity contribution in [1.29, 1.82) is 0 Å². The summed E-state index contributed by atoms with van der Waals surface area (Å²) in [7, 11) is 6.05. The third kappa shape index (κ3) is 4.40. The van der Waals surface area contributed by atoms with Crippen molar-refractivity contribution in [1.82, 2.24) is 5.32 Å². The van der Waals surface area contributed by atoms with Gasteiger partial charge in [-0.2, -0.15) is 0 Å². The lowest BCUT2D eigenvalue weighted by Gasteiger charge is -2.24. The molecule has 4 heteroatoms. The van der Waals surface area contributed by atoms with Crippen molar-refractivity contribution >= 4 is 7.85 Å². The number of aromatic hydroxyl groups is 1. The van der Waals surface area contributed by atoms with Gasteiger partial charge in [0.2, 0.25) is 0 Å². The number of phenols is 1. The zero-order chi connectivity index (χ0) is 13.1. The normalized spacial score (nSPS) is 13.6.